The fourth-order valence-electron chi connectivity index (χ4n) is 1.82. The quantitative estimate of drug-likeness (QED) is 0.411. The number of carbonyl (C=O) groups is 1. The molecule has 0 radical (unpaired) electrons. The van der Waals surface area contributed by atoms with E-state index in [1.165, 1.54) is 12.3 Å². The number of carbonyl (C=O) groups excluding carboxylic acids is 1. The number of nitro benzene ring substituents is 2. The van der Waals surface area contributed by atoms with Crippen molar-refractivity contribution < 1.29 is 19.4 Å². The topological polar surface area (TPSA) is 163 Å². The van der Waals surface area contributed by atoms with Gasteiger partial charge in [0.25, 0.3) is 5.69 Å². The summed E-state index contributed by atoms with van der Waals surface area (Å²) < 4.78 is 5.93. The Morgan fingerprint density at radius 3 is 2.42 bits per heavy atom. The average molecular weight is 424 g/mol. The van der Waals surface area contributed by atoms with Crippen LogP contribution in [0.5, 0.6) is 11.5 Å². The van der Waals surface area contributed by atoms with E-state index in [1.807, 2.05) is 5.43 Å². The molecule has 0 aliphatic rings. The van der Waals surface area contributed by atoms with Crippen LogP contribution >= 0.6 is 15.9 Å². The first-order chi connectivity index (χ1) is 12.3. The molecule has 0 fully saturated rings. The van der Waals surface area contributed by atoms with E-state index in [2.05, 4.69) is 21.0 Å². The van der Waals surface area contributed by atoms with Crippen molar-refractivity contribution in [2.24, 2.45) is 10.8 Å². The van der Waals surface area contributed by atoms with Crippen LogP contribution in [0.1, 0.15) is 5.56 Å². The maximum absolute atomic E-state index is 11.1. The van der Waals surface area contributed by atoms with Gasteiger partial charge in [-0.15, -0.1) is 0 Å². The summed E-state index contributed by atoms with van der Waals surface area (Å²) in [6.07, 6.45) is 1.33. The summed E-state index contributed by atoms with van der Waals surface area (Å²) in [4.78, 5) is 30.9. The number of amides is 2. The molecule has 0 aromatic heterocycles. The molecule has 0 bridgehead atoms. The highest BCUT2D eigenvalue weighted by molar-refractivity contribution is 9.10. The number of urea groups is 1. The van der Waals surface area contributed by atoms with Crippen molar-refractivity contribution >= 4 is 39.6 Å². The number of benzene rings is 2. The van der Waals surface area contributed by atoms with Crippen LogP contribution in [-0.4, -0.2) is 22.1 Å². The van der Waals surface area contributed by atoms with Gasteiger partial charge in [0.2, 0.25) is 5.75 Å². The molecule has 0 spiro atoms. The zero-order valence-electron chi connectivity index (χ0n) is 12.8. The van der Waals surface area contributed by atoms with Crippen molar-refractivity contribution in [3.05, 3.63) is 66.7 Å². The molecular formula is C14H10BrN5O6. The Hall–Kier alpha value is -3.54. The van der Waals surface area contributed by atoms with Gasteiger partial charge in [-0.1, -0.05) is 0 Å². The predicted molar refractivity (Wildman–Crippen MR) is 94.3 cm³/mol. The van der Waals surface area contributed by atoms with Crippen LogP contribution in [0.3, 0.4) is 0 Å². The fraction of sp³-hybridized carbons (Fsp3) is 0. The second-order valence-electron chi connectivity index (χ2n) is 4.69. The van der Waals surface area contributed by atoms with Gasteiger partial charge >= 0.3 is 11.7 Å². The van der Waals surface area contributed by atoms with Crippen molar-refractivity contribution in [2.45, 2.75) is 0 Å². The number of halogens is 1. The molecule has 12 heteroatoms. The lowest BCUT2D eigenvalue weighted by Crippen LogP contribution is -2.24. The Balaban J connectivity index is 2.28. The molecule has 0 saturated carbocycles. The van der Waals surface area contributed by atoms with E-state index in [4.69, 9.17) is 10.5 Å². The number of primary amides is 1. The minimum atomic E-state index is -0.814. The number of ether oxygens (including phenoxy) is 1. The van der Waals surface area contributed by atoms with Crippen LogP contribution < -0.4 is 15.9 Å². The monoisotopic (exact) mass is 423 g/mol. The highest BCUT2D eigenvalue weighted by Gasteiger charge is 2.21. The molecule has 3 N–H and O–H groups in total. The van der Waals surface area contributed by atoms with Gasteiger partial charge in [-0.25, -0.2) is 10.2 Å². The highest BCUT2D eigenvalue weighted by atomic mass is 79.9. The molecule has 0 saturated heterocycles. The average Bonchev–Trinajstić information content (AvgIpc) is 2.56. The van der Waals surface area contributed by atoms with Gasteiger partial charge in [-0.05, 0) is 45.8 Å². The minimum Gasteiger partial charge on any atom is -0.449 e. The summed E-state index contributed by atoms with van der Waals surface area (Å²) in [6, 6.07) is 6.91. The van der Waals surface area contributed by atoms with E-state index in [0.29, 0.717) is 10.0 Å². The zero-order chi connectivity index (χ0) is 19.3. The minimum absolute atomic E-state index is 0.155. The van der Waals surface area contributed by atoms with Crippen molar-refractivity contribution in [1.29, 1.82) is 0 Å². The van der Waals surface area contributed by atoms with Gasteiger partial charge < -0.3 is 10.5 Å². The van der Waals surface area contributed by atoms with E-state index in [1.54, 1.807) is 12.1 Å². The van der Waals surface area contributed by atoms with Crippen molar-refractivity contribution in [2.75, 3.05) is 0 Å². The number of nitro groups is 2. The summed E-state index contributed by atoms with van der Waals surface area (Å²) in [5.74, 6) is 0.0834. The fourth-order valence-corrected chi connectivity index (χ4v) is 2.29. The maximum Gasteiger partial charge on any atom is 0.332 e. The molecular weight excluding hydrogens is 414 g/mol. The summed E-state index contributed by atoms with van der Waals surface area (Å²) in [5.41, 5.74) is 6.53. The van der Waals surface area contributed by atoms with Gasteiger partial charge in [0.05, 0.1) is 26.6 Å². The second kappa shape index (κ2) is 8.02. The Morgan fingerprint density at radius 1 is 1.15 bits per heavy atom. The molecule has 0 heterocycles. The predicted octanol–water partition coefficient (Wildman–Crippen LogP) is 3.06. The molecule has 26 heavy (non-hydrogen) atoms. The molecule has 0 atom stereocenters. The normalized spacial score (nSPS) is 10.5. The van der Waals surface area contributed by atoms with Crippen LogP contribution in [0.25, 0.3) is 0 Å². The SMILES string of the molecule is NC(=O)N/N=C\c1ccc(Oc2ccc([N+](=O)[O-])cc2[N+](=O)[O-])c(Br)c1. The van der Waals surface area contributed by atoms with Crippen LogP contribution in [0, 0.1) is 20.2 Å². The molecule has 2 aromatic rings. The van der Waals surface area contributed by atoms with Crippen molar-refractivity contribution in [1.82, 2.24) is 5.43 Å². The van der Waals surface area contributed by atoms with Crippen LogP contribution in [-0.2, 0) is 0 Å². The van der Waals surface area contributed by atoms with E-state index in [9.17, 15) is 25.0 Å². The smallest absolute Gasteiger partial charge is 0.332 e. The number of non-ortho nitro benzene ring substituents is 1. The molecule has 11 nitrogen and oxygen atoms in total. The number of nitrogens with zero attached hydrogens (tertiary/aromatic N) is 3. The summed E-state index contributed by atoms with van der Waals surface area (Å²) in [5, 5.41) is 25.5. The molecule has 0 aliphatic carbocycles. The van der Waals surface area contributed by atoms with Gasteiger partial charge in [0, 0.05) is 6.07 Å². The number of nitrogens with two attached hydrogens (primary N) is 1. The Morgan fingerprint density at radius 2 is 1.85 bits per heavy atom. The van der Waals surface area contributed by atoms with Crippen LogP contribution in [0.2, 0.25) is 0 Å². The lowest BCUT2D eigenvalue weighted by molar-refractivity contribution is -0.394. The van der Waals surface area contributed by atoms with E-state index in [0.717, 1.165) is 18.2 Å². The number of hydrogen-bond donors (Lipinski definition) is 2. The van der Waals surface area contributed by atoms with Crippen LogP contribution in [0.4, 0.5) is 16.2 Å². The third kappa shape index (κ3) is 4.73. The second-order valence-corrected chi connectivity index (χ2v) is 5.55. The number of nitrogens with one attached hydrogen (secondary N) is 1. The van der Waals surface area contributed by atoms with Gasteiger partial charge in [0.1, 0.15) is 5.75 Å². The maximum atomic E-state index is 11.1. The van der Waals surface area contributed by atoms with Gasteiger partial charge in [0.15, 0.2) is 0 Å². The third-order valence-electron chi connectivity index (χ3n) is 2.91. The first-order valence-corrected chi connectivity index (χ1v) is 7.56. The first kappa shape index (κ1) is 18.8. The Kier molecular flexibility index (Phi) is 5.80. The van der Waals surface area contributed by atoms with Crippen LogP contribution in [0.15, 0.2) is 46.0 Å². The van der Waals surface area contributed by atoms with E-state index in [-0.39, 0.29) is 11.5 Å². The van der Waals surface area contributed by atoms with Crippen molar-refractivity contribution in [3.63, 3.8) is 0 Å². The number of hydrazone groups is 1. The first-order valence-electron chi connectivity index (χ1n) is 6.76. The molecule has 2 aromatic carbocycles. The molecule has 0 aliphatic heterocycles. The molecule has 2 amide bonds. The molecule has 134 valence electrons. The lowest BCUT2D eigenvalue weighted by atomic mass is 10.2. The number of rotatable bonds is 6. The Bertz CT molecular complexity index is 917. The summed E-state index contributed by atoms with van der Waals surface area (Å²) in [6.45, 7) is 0. The lowest BCUT2D eigenvalue weighted by Gasteiger charge is -2.08. The summed E-state index contributed by atoms with van der Waals surface area (Å²) in [7, 11) is 0. The third-order valence-corrected chi connectivity index (χ3v) is 3.53. The highest BCUT2D eigenvalue weighted by Crippen LogP contribution is 2.37. The molecule has 0 unspecified atom stereocenters. The van der Waals surface area contributed by atoms with Gasteiger partial charge in [-0.2, -0.15) is 5.10 Å². The Labute approximate surface area is 153 Å². The van der Waals surface area contributed by atoms with Gasteiger partial charge in [-0.3, -0.25) is 20.2 Å². The number of hydrogen-bond acceptors (Lipinski definition) is 7. The largest absolute Gasteiger partial charge is 0.449 e. The standard InChI is InChI=1S/C14H10BrN5O6/c15-10-5-8(7-17-18-14(16)21)1-3-12(10)26-13-4-2-9(19(22)23)6-11(13)20(24)25/h1-7H,(H3,16,18,21)/b17-7-. The molecule has 2 rings (SSSR count). The zero-order valence-corrected chi connectivity index (χ0v) is 14.4. The van der Waals surface area contributed by atoms with E-state index >= 15 is 0 Å². The van der Waals surface area contributed by atoms with Crippen molar-refractivity contribution in [3.8, 4) is 11.5 Å². The van der Waals surface area contributed by atoms with E-state index < -0.39 is 27.3 Å². The summed E-state index contributed by atoms with van der Waals surface area (Å²) >= 11 is 3.25.